The number of methoxy groups -OCH3 is 1. The average molecular weight is 820 g/mol. The van der Waals surface area contributed by atoms with Crippen molar-refractivity contribution in [2.45, 2.75) is 75.5 Å². The molecule has 9 heterocycles. The molecule has 2 amide bonds. The number of rotatable bonds is 5. The number of ether oxygens (including phenoxy) is 1. The second-order valence-corrected chi connectivity index (χ2v) is 16.4. The first kappa shape index (κ1) is 36.7. The summed E-state index contributed by atoms with van der Waals surface area (Å²) < 4.78 is 53.9. The monoisotopic (exact) mass is 819 g/mol. The first-order chi connectivity index (χ1) is 29.0. The van der Waals surface area contributed by atoms with Crippen molar-refractivity contribution in [3.05, 3.63) is 72.1 Å². The molecule has 308 valence electrons. The van der Waals surface area contributed by atoms with Crippen molar-refractivity contribution in [1.29, 1.82) is 0 Å². The molecule has 0 unspecified atom stereocenters. The van der Waals surface area contributed by atoms with Crippen molar-refractivity contribution in [3.63, 3.8) is 0 Å². The predicted molar refractivity (Wildman–Crippen MR) is 213 cm³/mol. The van der Waals surface area contributed by atoms with Gasteiger partial charge in [-0.3, -0.25) is 9.59 Å². The molecule has 60 heavy (non-hydrogen) atoms. The van der Waals surface area contributed by atoms with Crippen LogP contribution in [0.3, 0.4) is 0 Å². The van der Waals surface area contributed by atoms with Gasteiger partial charge in [0.1, 0.15) is 41.0 Å². The molecule has 4 saturated heterocycles. The average Bonchev–Trinajstić information content (AvgIpc) is 3.73. The molecule has 16 nitrogen and oxygen atoms in total. The number of piperidine rings is 1. The van der Waals surface area contributed by atoms with Crippen LogP contribution < -0.4 is 15.1 Å². The molecule has 5 fully saturated rings. The molecule has 4 aromatic heterocycles. The molecule has 19 heteroatoms. The van der Waals surface area contributed by atoms with Crippen LogP contribution in [0.15, 0.2) is 48.8 Å². The maximum atomic E-state index is 15.4. The van der Waals surface area contributed by atoms with Gasteiger partial charge in [-0.1, -0.05) is 0 Å². The number of fused-ring (bicyclic) bond motifs is 8. The van der Waals surface area contributed by atoms with Crippen LogP contribution in [-0.4, -0.2) is 131 Å². The second kappa shape index (κ2) is 13.6. The molecule has 12 rings (SSSR count). The normalized spacial score (nSPS) is 24.2. The molecule has 2 aromatic carbocycles. The van der Waals surface area contributed by atoms with Crippen molar-refractivity contribution >= 4 is 51.6 Å². The number of nitrogens with one attached hydrogen (secondary N) is 1. The minimum atomic E-state index is -0.835. The van der Waals surface area contributed by atoms with Gasteiger partial charge in [-0.2, -0.15) is 15.1 Å². The largest absolute Gasteiger partial charge is 0.378 e. The van der Waals surface area contributed by atoms with E-state index in [-0.39, 0.29) is 66.3 Å². The number of benzene rings is 2. The molecule has 1 N–H and O–H groups in total. The smallest absolute Gasteiger partial charge is 0.245 e. The molecule has 6 aromatic rings. The third-order valence-corrected chi connectivity index (χ3v) is 12.6. The Labute approximate surface area is 341 Å². The lowest BCUT2D eigenvalue weighted by Gasteiger charge is -2.55. The zero-order chi connectivity index (χ0) is 41.1. The number of halogens is 3. The maximum Gasteiger partial charge on any atom is 0.245 e. The van der Waals surface area contributed by atoms with Crippen molar-refractivity contribution in [2.75, 3.05) is 48.9 Å². The first-order valence-electron chi connectivity index (χ1n) is 20.1. The summed E-state index contributed by atoms with van der Waals surface area (Å²) in [5.74, 6) is -0.647. The maximum absolute atomic E-state index is 15.4. The number of aromatic nitrogens is 8. The van der Waals surface area contributed by atoms with E-state index in [1.54, 1.807) is 31.3 Å². The summed E-state index contributed by atoms with van der Waals surface area (Å²) in [6.07, 6.45) is 5.60. The van der Waals surface area contributed by atoms with E-state index < -0.39 is 35.6 Å². The summed E-state index contributed by atoms with van der Waals surface area (Å²) in [5, 5.41) is 8.40. The van der Waals surface area contributed by atoms with E-state index in [0.717, 1.165) is 25.0 Å². The van der Waals surface area contributed by atoms with Crippen LogP contribution in [0.5, 0.6) is 0 Å². The van der Waals surface area contributed by atoms with E-state index in [1.165, 1.54) is 29.1 Å². The van der Waals surface area contributed by atoms with Crippen LogP contribution in [0.4, 0.5) is 30.9 Å². The van der Waals surface area contributed by atoms with Gasteiger partial charge in [-0.05, 0) is 56.9 Å². The number of nitrogens with zero attached hydrogens (tertiary/aromatic N) is 12. The fourth-order valence-corrected chi connectivity index (χ4v) is 9.55. The van der Waals surface area contributed by atoms with Gasteiger partial charge in [-0.25, -0.2) is 32.8 Å². The lowest BCUT2D eigenvalue weighted by atomic mass is 9.87. The number of aryl methyl sites for hydroxylation is 1. The van der Waals surface area contributed by atoms with Crippen LogP contribution in [0.25, 0.3) is 39.0 Å². The zero-order valence-corrected chi connectivity index (χ0v) is 33.0. The van der Waals surface area contributed by atoms with E-state index in [9.17, 15) is 14.0 Å². The Hall–Kier alpha value is -6.37. The van der Waals surface area contributed by atoms with Crippen molar-refractivity contribution in [1.82, 2.24) is 49.1 Å². The fourth-order valence-electron chi connectivity index (χ4n) is 9.55. The Kier molecular flexibility index (Phi) is 8.31. The van der Waals surface area contributed by atoms with Gasteiger partial charge in [-0.15, -0.1) is 0 Å². The zero-order valence-electron chi connectivity index (χ0n) is 33.0. The molecule has 0 spiro atoms. The Balaban J connectivity index is 1.04. The van der Waals surface area contributed by atoms with E-state index in [1.807, 2.05) is 26.2 Å². The predicted octanol–water partition coefficient (Wildman–Crippen LogP) is 3.85. The van der Waals surface area contributed by atoms with Crippen LogP contribution in [-0.2, 0) is 20.9 Å². The lowest BCUT2D eigenvalue weighted by molar-refractivity contribution is -0.140. The number of hydrogen-bond acceptors (Lipinski definition) is 12. The number of amides is 2. The Bertz CT molecular complexity index is 2760. The summed E-state index contributed by atoms with van der Waals surface area (Å²) in [6.45, 7) is 3.17. The highest BCUT2D eigenvalue weighted by Gasteiger charge is 2.54. The Morgan fingerprint density at radius 2 is 1.70 bits per heavy atom. The second-order valence-electron chi connectivity index (χ2n) is 16.4. The topological polar surface area (TPSA) is 156 Å². The molecule has 6 aliphatic rings. The highest BCUT2D eigenvalue weighted by molar-refractivity contribution is 5.95. The molecule has 6 bridgehead atoms. The first-order valence-corrected chi connectivity index (χ1v) is 20.1. The number of piperazine rings is 1. The van der Waals surface area contributed by atoms with Crippen LogP contribution in [0.2, 0.25) is 0 Å². The van der Waals surface area contributed by atoms with Gasteiger partial charge in [0.05, 0.1) is 47.0 Å². The number of carbonyl (C=O) groups is 2. The number of imidazole rings is 1. The van der Waals surface area contributed by atoms with Gasteiger partial charge < -0.3 is 34.2 Å². The third-order valence-electron chi connectivity index (χ3n) is 12.6. The number of hydrogen-bond donors (Lipinski definition) is 1. The van der Waals surface area contributed by atoms with Gasteiger partial charge in [0, 0.05) is 69.8 Å². The van der Waals surface area contributed by atoms with E-state index in [0.29, 0.717) is 65.3 Å². The molecular weight excluding hydrogens is 780 g/mol. The van der Waals surface area contributed by atoms with Crippen molar-refractivity contribution in [2.24, 2.45) is 0 Å². The Morgan fingerprint density at radius 3 is 2.48 bits per heavy atom. The highest BCUT2D eigenvalue weighted by atomic mass is 19.1. The van der Waals surface area contributed by atoms with Crippen LogP contribution >= 0.6 is 0 Å². The molecular formula is C41H40F3N13O3. The molecule has 5 atom stereocenters. The standard InChI is InChI=1S/C41H40F3N13O3/c1-20-47-31-12-22(43)10-27-30-8-9-45-40(49-30)48-23-13-33(38(58)52(2)18-26(60-3)19-53(20)35(27)31)55(16-23)36-28-15-46-57(32-7-4-21(42)11-29(32)44)37(28)51-41(50-36)56-25-14-34(56)39(59)54(17-25)24-5-6-24/h4,7-12,15,23-26,33-34H,5-6,13-14,16-19H2,1-3H3,(H,45,48,49)/t23-,25+,26-,33-,34-/m0/s1. The van der Waals surface area contributed by atoms with Crippen molar-refractivity contribution < 1.29 is 27.5 Å². The van der Waals surface area contributed by atoms with Gasteiger partial charge >= 0.3 is 0 Å². The van der Waals surface area contributed by atoms with Gasteiger partial charge in [0.2, 0.25) is 23.7 Å². The van der Waals surface area contributed by atoms with Crippen LogP contribution in [0, 0.1) is 24.4 Å². The minimum absolute atomic E-state index is 0.0222. The summed E-state index contributed by atoms with van der Waals surface area (Å²) in [5.41, 5.74) is 2.40. The number of carbonyl (C=O) groups excluding carboxylic acids is 2. The molecule has 0 radical (unpaired) electrons. The van der Waals surface area contributed by atoms with Gasteiger partial charge in [0.25, 0.3) is 0 Å². The summed E-state index contributed by atoms with van der Waals surface area (Å²) in [7, 11) is 3.32. The SMILES string of the molecule is CO[C@H]1CN(C)C(=O)[C@@H]2C[C@@H](CN2c2nc(N3[C@@H]4C[C@H]3C(=O)N(C3CC3)C4)nc3c2cnn3-c2ccc(F)cc2F)Nc2nccc(n2)-c2cc(F)cc3nc(C)n(c23)C1. The summed E-state index contributed by atoms with van der Waals surface area (Å²) in [4.78, 5) is 60.1. The molecule has 1 aliphatic carbocycles. The Morgan fingerprint density at radius 1 is 0.850 bits per heavy atom. The quantitative estimate of drug-likeness (QED) is 0.269. The number of anilines is 3. The highest BCUT2D eigenvalue weighted by Crippen LogP contribution is 2.43. The van der Waals surface area contributed by atoms with E-state index >= 15 is 8.78 Å². The summed E-state index contributed by atoms with van der Waals surface area (Å²) in [6, 6.07) is 6.40. The fraction of sp³-hybridized carbons (Fsp3) is 0.415. The van der Waals surface area contributed by atoms with E-state index in [2.05, 4.69) is 20.4 Å². The summed E-state index contributed by atoms with van der Waals surface area (Å²) >= 11 is 0. The molecule has 5 aliphatic heterocycles. The van der Waals surface area contributed by atoms with Crippen LogP contribution in [0.1, 0.15) is 31.5 Å². The van der Waals surface area contributed by atoms with E-state index in [4.69, 9.17) is 19.7 Å². The minimum Gasteiger partial charge on any atom is -0.378 e. The third kappa shape index (κ3) is 5.83. The van der Waals surface area contributed by atoms with Crippen molar-refractivity contribution in [3.8, 4) is 16.9 Å². The molecule has 1 saturated carbocycles. The van der Waals surface area contributed by atoms with Gasteiger partial charge in [0.15, 0.2) is 11.5 Å². The number of likely N-dealkylation sites (N-methyl/N-ethyl adjacent to an activating group) is 1. The lowest BCUT2D eigenvalue weighted by Crippen LogP contribution is -2.72.